The van der Waals surface area contributed by atoms with Gasteiger partial charge in [0.05, 0.1) is 0 Å². The molecule has 0 aliphatic carbocycles. The quantitative estimate of drug-likeness (QED) is 0.241. The van der Waals surface area contributed by atoms with Crippen molar-refractivity contribution < 1.29 is 9.90 Å². The molecule has 0 fully saturated rings. The van der Waals surface area contributed by atoms with Crippen LogP contribution in [0.1, 0.15) is 111 Å². The number of hydrogen-bond acceptors (Lipinski definition) is 2. The lowest BCUT2D eigenvalue weighted by Crippen LogP contribution is -2.40. The van der Waals surface area contributed by atoms with E-state index in [1.165, 1.54) is 70.3 Å². The van der Waals surface area contributed by atoms with Gasteiger partial charge in [-0.2, -0.15) is 0 Å². The fourth-order valence-electron chi connectivity index (χ4n) is 3.22. The molecule has 0 amide bonds. The van der Waals surface area contributed by atoms with Gasteiger partial charge in [0.2, 0.25) is 0 Å². The van der Waals surface area contributed by atoms with Crippen molar-refractivity contribution >= 4 is 5.78 Å². The first-order chi connectivity index (χ1) is 11.5. The van der Waals surface area contributed by atoms with Crippen LogP contribution in [-0.2, 0) is 4.79 Å². The van der Waals surface area contributed by atoms with Crippen LogP contribution in [0.2, 0.25) is 0 Å². The Hall–Kier alpha value is -0.630. The topological polar surface area (TPSA) is 37.3 Å². The van der Waals surface area contributed by atoms with Crippen LogP contribution in [0.4, 0.5) is 0 Å². The SMILES string of the molecule is C=CC(=O)C(C)(O)[C](CCCCCCCC)CCCCCCCC. The highest BCUT2D eigenvalue weighted by Gasteiger charge is 2.36. The van der Waals surface area contributed by atoms with E-state index in [2.05, 4.69) is 20.4 Å². The standard InChI is InChI=1S/C22H41O2/c1-5-8-10-12-14-16-18-20(22(4,24)21(23)7-3)19-17-15-13-11-9-6-2/h7,24H,3,5-6,8-19H2,1-2,4H3. The number of ketones is 1. The Morgan fingerprint density at radius 1 is 0.833 bits per heavy atom. The van der Waals surface area contributed by atoms with Crippen molar-refractivity contribution in [2.45, 2.75) is 116 Å². The molecule has 1 N–H and O–H groups in total. The van der Waals surface area contributed by atoms with Gasteiger partial charge in [-0.25, -0.2) is 0 Å². The van der Waals surface area contributed by atoms with Crippen LogP contribution >= 0.6 is 0 Å². The Morgan fingerprint density at radius 2 is 1.21 bits per heavy atom. The predicted octanol–water partition coefficient (Wildman–Crippen LogP) is 6.57. The van der Waals surface area contributed by atoms with Crippen LogP contribution in [-0.4, -0.2) is 16.5 Å². The second-order valence-corrected chi connectivity index (χ2v) is 7.28. The van der Waals surface area contributed by atoms with Gasteiger partial charge in [-0.05, 0) is 25.8 Å². The molecule has 0 aromatic carbocycles. The van der Waals surface area contributed by atoms with E-state index in [1.54, 1.807) is 6.92 Å². The maximum Gasteiger partial charge on any atom is 0.186 e. The smallest absolute Gasteiger partial charge is 0.186 e. The highest BCUT2D eigenvalue weighted by molar-refractivity contribution is 5.97. The Bertz CT molecular complexity index is 304. The van der Waals surface area contributed by atoms with Gasteiger partial charge in [0.25, 0.3) is 0 Å². The second-order valence-electron chi connectivity index (χ2n) is 7.28. The largest absolute Gasteiger partial charge is 0.381 e. The summed E-state index contributed by atoms with van der Waals surface area (Å²) in [5, 5.41) is 10.7. The van der Waals surface area contributed by atoms with Gasteiger partial charge >= 0.3 is 0 Å². The highest BCUT2D eigenvalue weighted by Crippen LogP contribution is 2.32. The lowest BCUT2D eigenvalue weighted by Gasteiger charge is -2.30. The summed E-state index contributed by atoms with van der Waals surface area (Å²) in [5.74, 6) is 0.757. The molecule has 0 aromatic rings. The van der Waals surface area contributed by atoms with Gasteiger partial charge in [0.1, 0.15) is 5.60 Å². The molecule has 0 rings (SSSR count). The summed E-state index contributed by atoms with van der Waals surface area (Å²) < 4.78 is 0. The average molecular weight is 338 g/mol. The minimum atomic E-state index is -1.32. The Morgan fingerprint density at radius 3 is 1.58 bits per heavy atom. The van der Waals surface area contributed by atoms with Crippen LogP contribution in [0, 0.1) is 5.92 Å². The van der Waals surface area contributed by atoms with E-state index in [0.717, 1.165) is 31.6 Å². The molecule has 1 radical (unpaired) electrons. The number of aliphatic hydroxyl groups is 1. The van der Waals surface area contributed by atoms with Crippen LogP contribution < -0.4 is 0 Å². The van der Waals surface area contributed by atoms with E-state index in [-0.39, 0.29) is 5.78 Å². The van der Waals surface area contributed by atoms with Crippen LogP contribution in [0.15, 0.2) is 12.7 Å². The summed E-state index contributed by atoms with van der Waals surface area (Å²) >= 11 is 0. The zero-order valence-electron chi connectivity index (χ0n) is 16.5. The summed E-state index contributed by atoms with van der Waals surface area (Å²) in [7, 11) is 0. The molecule has 2 nitrogen and oxygen atoms in total. The average Bonchev–Trinajstić information content (AvgIpc) is 2.57. The Labute approximate surface area is 151 Å². The first-order valence-corrected chi connectivity index (χ1v) is 10.2. The third-order valence-electron chi connectivity index (χ3n) is 5.02. The molecule has 0 aromatic heterocycles. The summed E-state index contributed by atoms with van der Waals surface area (Å²) in [6.45, 7) is 9.65. The third-order valence-corrected chi connectivity index (χ3v) is 5.02. The molecule has 24 heavy (non-hydrogen) atoms. The number of carbonyl (C=O) groups is 1. The normalized spacial score (nSPS) is 13.9. The molecule has 0 saturated heterocycles. The minimum Gasteiger partial charge on any atom is -0.381 e. The zero-order chi connectivity index (χ0) is 18.3. The maximum absolute atomic E-state index is 12.0. The molecule has 0 aliphatic heterocycles. The molecule has 141 valence electrons. The monoisotopic (exact) mass is 337 g/mol. The van der Waals surface area contributed by atoms with Gasteiger partial charge in [-0.15, -0.1) is 0 Å². The number of rotatable bonds is 17. The van der Waals surface area contributed by atoms with Gasteiger partial charge in [-0.1, -0.05) is 97.5 Å². The van der Waals surface area contributed by atoms with Crippen molar-refractivity contribution in [3.63, 3.8) is 0 Å². The zero-order valence-corrected chi connectivity index (χ0v) is 16.5. The first kappa shape index (κ1) is 23.4. The lowest BCUT2D eigenvalue weighted by atomic mass is 9.78. The van der Waals surface area contributed by atoms with Crippen LogP contribution in [0.25, 0.3) is 0 Å². The van der Waals surface area contributed by atoms with Crippen molar-refractivity contribution in [3.05, 3.63) is 18.6 Å². The highest BCUT2D eigenvalue weighted by atomic mass is 16.3. The van der Waals surface area contributed by atoms with E-state index < -0.39 is 5.60 Å². The molecule has 0 heterocycles. The fourth-order valence-corrected chi connectivity index (χ4v) is 3.22. The van der Waals surface area contributed by atoms with E-state index in [0.29, 0.717) is 0 Å². The van der Waals surface area contributed by atoms with Gasteiger partial charge in [-0.3, -0.25) is 4.79 Å². The number of unbranched alkanes of at least 4 members (excludes halogenated alkanes) is 10. The molecule has 1 atom stereocenters. The van der Waals surface area contributed by atoms with Gasteiger partial charge < -0.3 is 5.11 Å². The molecular weight excluding hydrogens is 296 g/mol. The Kier molecular flexibility index (Phi) is 14.3. The number of hydrogen-bond donors (Lipinski definition) is 1. The second kappa shape index (κ2) is 14.7. The molecule has 1 unspecified atom stereocenters. The van der Waals surface area contributed by atoms with Crippen molar-refractivity contribution in [1.29, 1.82) is 0 Å². The summed E-state index contributed by atoms with van der Waals surface area (Å²) in [5.41, 5.74) is -1.32. The molecule has 0 spiro atoms. The lowest BCUT2D eigenvalue weighted by molar-refractivity contribution is -0.129. The number of carbonyl (C=O) groups excluding carboxylic acids is 1. The minimum absolute atomic E-state index is 0.255. The fraction of sp³-hybridized carbons (Fsp3) is 0.818. The van der Waals surface area contributed by atoms with E-state index in [9.17, 15) is 9.90 Å². The molecule has 0 aliphatic rings. The summed E-state index contributed by atoms with van der Waals surface area (Å²) in [6, 6.07) is 0. The molecule has 0 bridgehead atoms. The van der Waals surface area contributed by atoms with Gasteiger partial charge in [0, 0.05) is 5.92 Å². The molecule has 0 saturated carbocycles. The van der Waals surface area contributed by atoms with Crippen molar-refractivity contribution in [2.24, 2.45) is 0 Å². The van der Waals surface area contributed by atoms with Crippen molar-refractivity contribution in [1.82, 2.24) is 0 Å². The third kappa shape index (κ3) is 10.3. The van der Waals surface area contributed by atoms with E-state index in [1.807, 2.05) is 0 Å². The molecule has 2 heteroatoms. The molecular formula is C22H41O2. The first-order valence-electron chi connectivity index (χ1n) is 10.2. The van der Waals surface area contributed by atoms with Crippen LogP contribution in [0.3, 0.4) is 0 Å². The predicted molar refractivity (Wildman–Crippen MR) is 105 cm³/mol. The summed E-state index contributed by atoms with van der Waals surface area (Å²) in [4.78, 5) is 12.0. The van der Waals surface area contributed by atoms with E-state index in [4.69, 9.17) is 0 Å². The summed E-state index contributed by atoms with van der Waals surface area (Å²) in [6.07, 6.45) is 17.8. The van der Waals surface area contributed by atoms with Gasteiger partial charge in [0.15, 0.2) is 5.78 Å². The Balaban J connectivity index is 4.29. The maximum atomic E-state index is 12.0. The van der Waals surface area contributed by atoms with Crippen molar-refractivity contribution in [3.8, 4) is 0 Å². The van der Waals surface area contributed by atoms with E-state index >= 15 is 0 Å². The van der Waals surface area contributed by atoms with Crippen molar-refractivity contribution in [2.75, 3.05) is 0 Å². The van der Waals surface area contributed by atoms with Crippen LogP contribution in [0.5, 0.6) is 0 Å².